The first kappa shape index (κ1) is 17.9. The van der Waals surface area contributed by atoms with Crippen molar-refractivity contribution in [1.82, 2.24) is 5.43 Å². The second-order valence-corrected chi connectivity index (χ2v) is 5.18. The van der Waals surface area contributed by atoms with Gasteiger partial charge in [0.1, 0.15) is 6.04 Å². The van der Waals surface area contributed by atoms with E-state index in [0.29, 0.717) is 6.42 Å². The number of nitro benzene ring substituents is 1. The maximum atomic E-state index is 12.2. The van der Waals surface area contributed by atoms with Crippen LogP contribution in [-0.4, -0.2) is 23.1 Å². The number of carbonyl (C=O) groups excluding carboxylic acids is 1. The lowest BCUT2D eigenvalue weighted by Gasteiger charge is -2.16. The Hall–Kier alpha value is -3.42. The minimum atomic E-state index is -0.605. The lowest BCUT2D eigenvalue weighted by atomic mass is 10.2. The number of nitrogens with one attached hydrogen (secondary N) is 2. The van der Waals surface area contributed by atoms with E-state index in [2.05, 4.69) is 15.8 Å². The van der Waals surface area contributed by atoms with Crippen molar-refractivity contribution in [2.24, 2.45) is 5.10 Å². The van der Waals surface area contributed by atoms with Crippen LogP contribution in [0.5, 0.6) is 5.75 Å². The first-order chi connectivity index (χ1) is 12.0. The summed E-state index contributed by atoms with van der Waals surface area (Å²) < 4.78 is 0. The first-order valence-electron chi connectivity index (χ1n) is 7.61. The number of carbonyl (C=O) groups is 1. The largest absolute Gasteiger partial charge is 0.872 e. The number of nitro groups is 1. The van der Waals surface area contributed by atoms with Crippen molar-refractivity contribution < 1.29 is 14.8 Å². The summed E-state index contributed by atoms with van der Waals surface area (Å²) >= 11 is 0. The molecule has 0 aliphatic carbocycles. The fourth-order valence-electron chi connectivity index (χ4n) is 2.08. The molecule has 2 aromatic carbocycles. The van der Waals surface area contributed by atoms with E-state index < -0.39 is 16.7 Å². The zero-order valence-electron chi connectivity index (χ0n) is 13.5. The molecule has 0 saturated carbocycles. The molecule has 1 unspecified atom stereocenters. The van der Waals surface area contributed by atoms with Crippen LogP contribution in [0.15, 0.2) is 53.6 Å². The topological polar surface area (TPSA) is 120 Å². The molecule has 0 spiro atoms. The van der Waals surface area contributed by atoms with E-state index in [1.54, 1.807) is 0 Å². The van der Waals surface area contributed by atoms with Crippen LogP contribution in [-0.2, 0) is 4.79 Å². The number of hydrogen-bond donors (Lipinski definition) is 2. The third kappa shape index (κ3) is 5.03. The standard InChI is InChI=1S/C17H18N4O4/c1-2-15(19-13-6-4-3-5-7-13)17(23)20-18-11-12-10-14(21(24)25)8-9-16(12)22/h3-11,15,19,22H,2H2,1H3,(H,20,23)/p-1. The van der Waals surface area contributed by atoms with Crippen LogP contribution in [0, 0.1) is 10.1 Å². The van der Waals surface area contributed by atoms with Gasteiger partial charge in [-0.3, -0.25) is 14.9 Å². The zero-order chi connectivity index (χ0) is 18.2. The molecule has 1 atom stereocenters. The number of benzene rings is 2. The van der Waals surface area contributed by atoms with Crippen molar-refractivity contribution in [3.05, 3.63) is 64.2 Å². The highest BCUT2D eigenvalue weighted by Crippen LogP contribution is 2.19. The summed E-state index contributed by atoms with van der Waals surface area (Å²) in [5.74, 6) is -0.793. The number of hydrogen-bond acceptors (Lipinski definition) is 6. The molecule has 2 N–H and O–H groups in total. The predicted octanol–water partition coefficient (Wildman–Crippen LogP) is 2.01. The number of hydrazone groups is 1. The minimum Gasteiger partial charge on any atom is -0.872 e. The summed E-state index contributed by atoms with van der Waals surface area (Å²) in [5.41, 5.74) is 2.95. The van der Waals surface area contributed by atoms with Crippen LogP contribution in [0.25, 0.3) is 0 Å². The second-order valence-electron chi connectivity index (χ2n) is 5.18. The summed E-state index contributed by atoms with van der Waals surface area (Å²) in [6.07, 6.45) is 1.63. The van der Waals surface area contributed by atoms with Gasteiger partial charge in [0.25, 0.3) is 11.6 Å². The Morgan fingerprint density at radius 2 is 2.00 bits per heavy atom. The van der Waals surface area contributed by atoms with Gasteiger partial charge in [-0.1, -0.05) is 36.9 Å². The lowest BCUT2D eigenvalue weighted by molar-refractivity contribution is -0.385. The van der Waals surface area contributed by atoms with Crippen LogP contribution in [0.1, 0.15) is 18.9 Å². The number of amides is 1. The molecule has 0 aromatic heterocycles. The van der Waals surface area contributed by atoms with Gasteiger partial charge in [0.05, 0.1) is 11.1 Å². The molecule has 0 aliphatic heterocycles. The Labute approximate surface area is 144 Å². The van der Waals surface area contributed by atoms with E-state index in [1.807, 2.05) is 37.3 Å². The summed E-state index contributed by atoms with van der Waals surface area (Å²) in [5, 5.41) is 29.2. The van der Waals surface area contributed by atoms with Gasteiger partial charge in [0.15, 0.2) is 0 Å². The van der Waals surface area contributed by atoms with E-state index in [-0.39, 0.29) is 17.2 Å². The molecule has 25 heavy (non-hydrogen) atoms. The van der Waals surface area contributed by atoms with Crippen molar-refractivity contribution in [3.8, 4) is 5.75 Å². The summed E-state index contributed by atoms with van der Waals surface area (Å²) in [6, 6.07) is 12.1. The Morgan fingerprint density at radius 1 is 1.28 bits per heavy atom. The van der Waals surface area contributed by atoms with Gasteiger partial charge in [0, 0.05) is 17.8 Å². The van der Waals surface area contributed by atoms with Crippen LogP contribution < -0.4 is 15.8 Å². The molecule has 0 fully saturated rings. The van der Waals surface area contributed by atoms with Crippen LogP contribution in [0.3, 0.4) is 0 Å². The summed E-state index contributed by atoms with van der Waals surface area (Å²) in [6.45, 7) is 1.85. The molecule has 8 nitrogen and oxygen atoms in total. The molecule has 2 aromatic rings. The molecule has 8 heteroatoms. The molecule has 0 bridgehead atoms. The molecule has 1 amide bonds. The van der Waals surface area contributed by atoms with Gasteiger partial charge in [-0.05, 0) is 24.1 Å². The fourth-order valence-corrected chi connectivity index (χ4v) is 2.08. The number of non-ortho nitro benzene ring substituents is 1. The molecular weight excluding hydrogens is 324 g/mol. The molecule has 0 aliphatic rings. The van der Waals surface area contributed by atoms with Crippen molar-refractivity contribution in [2.45, 2.75) is 19.4 Å². The molecule has 0 radical (unpaired) electrons. The van der Waals surface area contributed by atoms with E-state index in [1.165, 1.54) is 0 Å². The highest BCUT2D eigenvalue weighted by atomic mass is 16.6. The predicted molar refractivity (Wildman–Crippen MR) is 92.4 cm³/mol. The van der Waals surface area contributed by atoms with Crippen LogP contribution in [0.4, 0.5) is 11.4 Å². The number of nitrogens with zero attached hydrogens (tertiary/aromatic N) is 2. The van der Waals surface area contributed by atoms with Gasteiger partial charge in [-0.15, -0.1) is 0 Å². The smallest absolute Gasteiger partial charge is 0.270 e. The van der Waals surface area contributed by atoms with E-state index in [0.717, 1.165) is 30.1 Å². The van der Waals surface area contributed by atoms with Gasteiger partial charge < -0.3 is 10.4 Å². The lowest BCUT2D eigenvalue weighted by Crippen LogP contribution is -2.36. The number of rotatable bonds is 7. The molecule has 0 saturated heterocycles. The highest BCUT2D eigenvalue weighted by Gasteiger charge is 2.15. The van der Waals surface area contributed by atoms with Crippen molar-refractivity contribution in [1.29, 1.82) is 0 Å². The first-order valence-corrected chi connectivity index (χ1v) is 7.61. The average molecular weight is 341 g/mol. The quantitative estimate of drug-likeness (QED) is 0.453. The molecule has 0 heterocycles. The van der Waals surface area contributed by atoms with Gasteiger partial charge in [-0.2, -0.15) is 5.10 Å². The Balaban J connectivity index is 2.01. The zero-order valence-corrected chi connectivity index (χ0v) is 13.5. The average Bonchev–Trinajstić information content (AvgIpc) is 2.61. The SMILES string of the molecule is CCC(Nc1ccccc1)C(=O)NN=Cc1cc([N+](=O)[O-])ccc1[O-]. The van der Waals surface area contributed by atoms with Gasteiger partial charge in [-0.25, -0.2) is 5.43 Å². The normalized spacial score (nSPS) is 11.9. The number of anilines is 1. The van der Waals surface area contributed by atoms with E-state index in [9.17, 15) is 20.0 Å². The third-order valence-electron chi connectivity index (χ3n) is 3.42. The Morgan fingerprint density at radius 3 is 2.64 bits per heavy atom. The minimum absolute atomic E-state index is 0.0265. The highest BCUT2D eigenvalue weighted by molar-refractivity contribution is 5.88. The summed E-state index contributed by atoms with van der Waals surface area (Å²) in [7, 11) is 0. The van der Waals surface area contributed by atoms with Gasteiger partial charge >= 0.3 is 0 Å². The van der Waals surface area contributed by atoms with Crippen LogP contribution in [0.2, 0.25) is 0 Å². The Bertz CT molecular complexity index is 777. The van der Waals surface area contributed by atoms with Crippen molar-refractivity contribution in [2.75, 3.05) is 5.32 Å². The maximum absolute atomic E-state index is 12.2. The maximum Gasteiger partial charge on any atom is 0.270 e. The fraction of sp³-hybridized carbons (Fsp3) is 0.176. The van der Waals surface area contributed by atoms with E-state index in [4.69, 9.17) is 0 Å². The second kappa shape index (κ2) is 8.44. The molecule has 130 valence electrons. The number of para-hydroxylation sites is 1. The van der Waals surface area contributed by atoms with Crippen molar-refractivity contribution >= 4 is 23.5 Å². The molecule has 2 rings (SSSR count). The van der Waals surface area contributed by atoms with E-state index >= 15 is 0 Å². The third-order valence-corrected chi connectivity index (χ3v) is 3.42. The summed E-state index contributed by atoms with van der Waals surface area (Å²) in [4.78, 5) is 22.3. The molecular formula is C17H17N4O4-. The monoisotopic (exact) mass is 341 g/mol. The van der Waals surface area contributed by atoms with Gasteiger partial charge in [0.2, 0.25) is 0 Å². The Kier molecular flexibility index (Phi) is 6.05. The van der Waals surface area contributed by atoms with Crippen molar-refractivity contribution in [3.63, 3.8) is 0 Å². The van der Waals surface area contributed by atoms with Crippen LogP contribution >= 0.6 is 0 Å².